The highest BCUT2D eigenvalue weighted by atomic mass is 35.5. The minimum absolute atomic E-state index is 0. The summed E-state index contributed by atoms with van der Waals surface area (Å²) < 4.78 is 1.71. The van der Waals surface area contributed by atoms with E-state index in [0.29, 0.717) is 12.1 Å². The summed E-state index contributed by atoms with van der Waals surface area (Å²) in [5.41, 5.74) is 2.84. The highest BCUT2D eigenvalue weighted by molar-refractivity contribution is 5.95. The molecule has 1 amide bonds. The van der Waals surface area contributed by atoms with Gasteiger partial charge in [0, 0.05) is 25.8 Å². The van der Waals surface area contributed by atoms with E-state index in [1.165, 1.54) is 5.57 Å². The summed E-state index contributed by atoms with van der Waals surface area (Å²) in [5, 5.41) is 10.2. The zero-order valence-electron chi connectivity index (χ0n) is 10.7. The fourth-order valence-electron chi connectivity index (χ4n) is 1.84. The van der Waals surface area contributed by atoms with Gasteiger partial charge in [-0.3, -0.25) is 9.48 Å². The number of hydrogen-bond acceptors (Lipinski definition) is 3. The number of aromatic nitrogens is 2. The van der Waals surface area contributed by atoms with Crippen molar-refractivity contribution in [2.45, 2.75) is 13.3 Å². The number of halogens is 1. The smallest absolute Gasteiger partial charge is 0.255 e. The van der Waals surface area contributed by atoms with Crippen molar-refractivity contribution in [3.63, 3.8) is 0 Å². The third kappa shape index (κ3) is 3.34. The Morgan fingerprint density at radius 2 is 2.39 bits per heavy atom. The van der Waals surface area contributed by atoms with Gasteiger partial charge in [0.25, 0.3) is 5.91 Å². The molecule has 6 heteroatoms. The van der Waals surface area contributed by atoms with Crippen LogP contribution in [0.1, 0.15) is 22.5 Å². The first-order chi connectivity index (χ1) is 8.18. The molecule has 1 aliphatic rings. The number of rotatable bonds is 3. The average molecular weight is 271 g/mol. The van der Waals surface area contributed by atoms with Crippen LogP contribution in [0.15, 0.2) is 17.8 Å². The SMILES string of the molecule is Cc1c(C(=O)NCC2=CCNCC2)cnn1C.Cl. The quantitative estimate of drug-likeness (QED) is 0.799. The summed E-state index contributed by atoms with van der Waals surface area (Å²) in [6, 6.07) is 0. The molecule has 5 nitrogen and oxygen atoms in total. The average Bonchev–Trinajstić information content (AvgIpc) is 2.69. The molecule has 100 valence electrons. The molecule has 1 aromatic heterocycles. The van der Waals surface area contributed by atoms with Crippen molar-refractivity contribution < 1.29 is 4.79 Å². The van der Waals surface area contributed by atoms with Crippen LogP contribution in [-0.2, 0) is 7.05 Å². The number of hydrogen-bond donors (Lipinski definition) is 2. The first kappa shape index (κ1) is 14.7. The minimum atomic E-state index is -0.0463. The normalized spacial score (nSPS) is 14.7. The van der Waals surface area contributed by atoms with Crippen LogP contribution in [-0.4, -0.2) is 35.3 Å². The van der Waals surface area contributed by atoms with E-state index in [9.17, 15) is 4.79 Å². The Morgan fingerprint density at radius 3 is 2.94 bits per heavy atom. The molecule has 0 aliphatic carbocycles. The molecule has 0 saturated heterocycles. The lowest BCUT2D eigenvalue weighted by molar-refractivity contribution is 0.0956. The Kier molecular flexibility index (Phi) is 5.37. The van der Waals surface area contributed by atoms with Crippen LogP contribution in [0.2, 0.25) is 0 Å². The molecular weight excluding hydrogens is 252 g/mol. The largest absolute Gasteiger partial charge is 0.348 e. The molecule has 0 atom stereocenters. The van der Waals surface area contributed by atoms with Crippen LogP contribution in [0.4, 0.5) is 0 Å². The second kappa shape index (κ2) is 6.56. The van der Waals surface area contributed by atoms with Gasteiger partial charge in [0.05, 0.1) is 11.8 Å². The highest BCUT2D eigenvalue weighted by Gasteiger charge is 2.13. The predicted octanol–water partition coefficient (Wildman–Crippen LogP) is 0.800. The number of amides is 1. The maximum absolute atomic E-state index is 11.9. The predicted molar refractivity (Wildman–Crippen MR) is 73.1 cm³/mol. The van der Waals surface area contributed by atoms with E-state index in [2.05, 4.69) is 21.8 Å². The lowest BCUT2D eigenvalue weighted by atomic mass is 10.1. The van der Waals surface area contributed by atoms with Crippen molar-refractivity contribution in [3.05, 3.63) is 29.1 Å². The van der Waals surface area contributed by atoms with Gasteiger partial charge in [-0.15, -0.1) is 12.4 Å². The first-order valence-corrected chi connectivity index (χ1v) is 5.84. The van der Waals surface area contributed by atoms with Crippen molar-refractivity contribution >= 4 is 18.3 Å². The minimum Gasteiger partial charge on any atom is -0.348 e. The van der Waals surface area contributed by atoms with Crippen LogP contribution in [0.3, 0.4) is 0 Å². The lowest BCUT2D eigenvalue weighted by Gasteiger charge is -2.14. The van der Waals surface area contributed by atoms with Gasteiger partial charge in [-0.25, -0.2) is 0 Å². The van der Waals surface area contributed by atoms with E-state index in [0.717, 1.165) is 25.2 Å². The van der Waals surface area contributed by atoms with Crippen LogP contribution < -0.4 is 10.6 Å². The molecule has 0 radical (unpaired) electrons. The first-order valence-electron chi connectivity index (χ1n) is 5.84. The van der Waals surface area contributed by atoms with E-state index < -0.39 is 0 Å². The van der Waals surface area contributed by atoms with Gasteiger partial charge in [0.2, 0.25) is 0 Å². The number of nitrogens with zero attached hydrogens (tertiary/aromatic N) is 2. The van der Waals surface area contributed by atoms with E-state index in [4.69, 9.17) is 0 Å². The van der Waals surface area contributed by atoms with Crippen LogP contribution >= 0.6 is 12.4 Å². The molecule has 0 bridgehead atoms. The number of nitrogens with one attached hydrogen (secondary N) is 2. The standard InChI is InChI=1S/C12H18N4O.ClH/c1-9-11(8-15-16(9)2)12(17)14-7-10-3-5-13-6-4-10;/h3,8,13H,4-7H2,1-2H3,(H,14,17);1H. The fraction of sp³-hybridized carbons (Fsp3) is 0.500. The third-order valence-electron chi connectivity index (χ3n) is 3.11. The molecule has 0 unspecified atom stereocenters. The molecule has 0 saturated carbocycles. The zero-order chi connectivity index (χ0) is 12.3. The summed E-state index contributed by atoms with van der Waals surface area (Å²) in [6.07, 6.45) is 4.76. The Balaban J connectivity index is 0.00000162. The zero-order valence-corrected chi connectivity index (χ0v) is 11.5. The monoisotopic (exact) mass is 270 g/mol. The molecule has 18 heavy (non-hydrogen) atoms. The van der Waals surface area contributed by atoms with Gasteiger partial charge in [0.15, 0.2) is 0 Å². The van der Waals surface area contributed by atoms with Gasteiger partial charge in [-0.2, -0.15) is 5.10 Å². The second-order valence-corrected chi connectivity index (χ2v) is 4.27. The number of aryl methyl sites for hydroxylation is 1. The molecular formula is C12H19ClN4O. The van der Waals surface area contributed by atoms with Crippen molar-refractivity contribution in [2.24, 2.45) is 7.05 Å². The lowest BCUT2D eigenvalue weighted by Crippen LogP contribution is -2.29. The molecule has 0 aromatic carbocycles. The van der Waals surface area contributed by atoms with Crippen molar-refractivity contribution in [3.8, 4) is 0 Å². The fourth-order valence-corrected chi connectivity index (χ4v) is 1.84. The van der Waals surface area contributed by atoms with Gasteiger partial charge in [-0.05, 0) is 19.9 Å². The molecule has 0 spiro atoms. The number of carbonyl (C=O) groups is 1. The summed E-state index contributed by atoms with van der Waals surface area (Å²) in [4.78, 5) is 11.9. The van der Waals surface area contributed by atoms with Crippen LogP contribution in [0.5, 0.6) is 0 Å². The van der Waals surface area contributed by atoms with Gasteiger partial charge in [-0.1, -0.05) is 11.6 Å². The number of carbonyl (C=O) groups excluding carboxylic acids is 1. The maximum atomic E-state index is 11.9. The van der Waals surface area contributed by atoms with E-state index in [1.807, 2.05) is 14.0 Å². The molecule has 0 fully saturated rings. The maximum Gasteiger partial charge on any atom is 0.255 e. The molecule has 1 aliphatic heterocycles. The van der Waals surface area contributed by atoms with Gasteiger partial charge >= 0.3 is 0 Å². The molecule has 2 N–H and O–H groups in total. The van der Waals surface area contributed by atoms with E-state index >= 15 is 0 Å². The van der Waals surface area contributed by atoms with E-state index in [1.54, 1.807) is 10.9 Å². The molecule has 1 aromatic rings. The summed E-state index contributed by atoms with van der Waals surface area (Å²) in [6.45, 7) is 4.42. The summed E-state index contributed by atoms with van der Waals surface area (Å²) in [5.74, 6) is -0.0463. The Morgan fingerprint density at radius 1 is 1.61 bits per heavy atom. The molecule has 2 rings (SSSR count). The Bertz CT molecular complexity index is 453. The Hall–Kier alpha value is -1.33. The highest BCUT2D eigenvalue weighted by Crippen LogP contribution is 2.06. The topological polar surface area (TPSA) is 59.0 Å². The van der Waals surface area contributed by atoms with Crippen molar-refractivity contribution in [2.75, 3.05) is 19.6 Å². The molecule has 2 heterocycles. The Labute approximate surface area is 113 Å². The van der Waals surface area contributed by atoms with E-state index in [-0.39, 0.29) is 18.3 Å². The summed E-state index contributed by atoms with van der Waals surface area (Å²) in [7, 11) is 1.83. The van der Waals surface area contributed by atoms with Crippen LogP contribution in [0, 0.1) is 6.92 Å². The van der Waals surface area contributed by atoms with Crippen molar-refractivity contribution in [1.82, 2.24) is 20.4 Å². The second-order valence-electron chi connectivity index (χ2n) is 4.27. The van der Waals surface area contributed by atoms with Crippen LogP contribution in [0.25, 0.3) is 0 Å². The summed E-state index contributed by atoms with van der Waals surface area (Å²) >= 11 is 0. The third-order valence-corrected chi connectivity index (χ3v) is 3.11. The van der Waals surface area contributed by atoms with Crippen molar-refractivity contribution in [1.29, 1.82) is 0 Å². The van der Waals surface area contributed by atoms with Gasteiger partial charge < -0.3 is 10.6 Å². The van der Waals surface area contributed by atoms with Gasteiger partial charge in [0.1, 0.15) is 0 Å².